The van der Waals surface area contributed by atoms with Crippen molar-refractivity contribution < 1.29 is 19.1 Å². The van der Waals surface area contributed by atoms with Crippen LogP contribution in [-0.2, 0) is 20.9 Å². The number of ether oxygens (including phenoxy) is 2. The predicted molar refractivity (Wildman–Crippen MR) is 112 cm³/mol. The molecule has 1 aromatic carbocycles. The topological polar surface area (TPSA) is 79.9 Å². The smallest absolute Gasteiger partial charge is 0.276 e. The molecule has 1 saturated heterocycles. The molecular weight excluding hydrogens is 414 g/mol. The molecule has 1 aliphatic rings. The molecule has 1 aliphatic heterocycles. The SMILES string of the molecule is O=C(COc1ccc(Cl)cc1)NNC(=O)CN(Cc1cccs1)CC1CCCO1. The van der Waals surface area contributed by atoms with Crippen LogP contribution in [0.3, 0.4) is 0 Å². The summed E-state index contributed by atoms with van der Waals surface area (Å²) in [4.78, 5) is 27.4. The molecule has 2 amide bonds. The van der Waals surface area contributed by atoms with Crippen molar-refractivity contribution in [2.24, 2.45) is 0 Å². The number of carbonyl (C=O) groups excluding carboxylic acids is 2. The van der Waals surface area contributed by atoms with E-state index in [1.54, 1.807) is 35.6 Å². The molecule has 9 heteroatoms. The monoisotopic (exact) mass is 437 g/mol. The first-order valence-electron chi connectivity index (χ1n) is 9.41. The average Bonchev–Trinajstić information content (AvgIpc) is 3.40. The van der Waals surface area contributed by atoms with E-state index < -0.39 is 5.91 Å². The lowest BCUT2D eigenvalue weighted by Crippen LogP contribution is -2.48. The van der Waals surface area contributed by atoms with Crippen molar-refractivity contribution in [3.63, 3.8) is 0 Å². The average molecular weight is 438 g/mol. The number of hydrogen-bond donors (Lipinski definition) is 2. The highest BCUT2D eigenvalue weighted by atomic mass is 35.5. The van der Waals surface area contributed by atoms with E-state index in [1.807, 2.05) is 22.4 Å². The van der Waals surface area contributed by atoms with E-state index in [2.05, 4.69) is 10.9 Å². The number of rotatable bonds is 9. The molecule has 2 N–H and O–H groups in total. The third kappa shape index (κ3) is 7.66. The van der Waals surface area contributed by atoms with Gasteiger partial charge in [-0.1, -0.05) is 17.7 Å². The Morgan fingerprint density at radius 2 is 2.00 bits per heavy atom. The zero-order valence-corrected chi connectivity index (χ0v) is 17.5. The van der Waals surface area contributed by atoms with Crippen LogP contribution in [-0.4, -0.2) is 49.1 Å². The summed E-state index contributed by atoms with van der Waals surface area (Å²) >= 11 is 7.46. The molecule has 0 saturated carbocycles. The second-order valence-corrected chi connectivity index (χ2v) is 8.19. The minimum Gasteiger partial charge on any atom is -0.484 e. The van der Waals surface area contributed by atoms with Crippen LogP contribution in [0, 0.1) is 0 Å². The fraction of sp³-hybridized carbons (Fsp3) is 0.400. The first-order valence-corrected chi connectivity index (χ1v) is 10.7. The zero-order chi connectivity index (χ0) is 20.5. The highest BCUT2D eigenvalue weighted by Gasteiger charge is 2.21. The number of carbonyl (C=O) groups is 2. The lowest BCUT2D eigenvalue weighted by molar-refractivity contribution is -0.130. The largest absolute Gasteiger partial charge is 0.484 e. The van der Waals surface area contributed by atoms with Gasteiger partial charge in [-0.2, -0.15) is 0 Å². The number of hydrazine groups is 1. The van der Waals surface area contributed by atoms with E-state index in [0.717, 1.165) is 19.4 Å². The summed E-state index contributed by atoms with van der Waals surface area (Å²) in [5.74, 6) is -0.216. The molecule has 1 aromatic heterocycles. The summed E-state index contributed by atoms with van der Waals surface area (Å²) in [6.07, 6.45) is 2.19. The van der Waals surface area contributed by atoms with E-state index in [1.165, 1.54) is 4.88 Å². The van der Waals surface area contributed by atoms with Gasteiger partial charge in [0.05, 0.1) is 12.6 Å². The Morgan fingerprint density at radius 1 is 1.21 bits per heavy atom. The molecule has 0 spiro atoms. The van der Waals surface area contributed by atoms with Crippen molar-refractivity contribution in [3.05, 3.63) is 51.7 Å². The second kappa shape index (κ2) is 11.2. The Morgan fingerprint density at radius 3 is 2.69 bits per heavy atom. The van der Waals surface area contributed by atoms with Crippen LogP contribution >= 0.6 is 22.9 Å². The molecule has 0 aliphatic carbocycles. The number of halogens is 1. The molecule has 1 fully saturated rings. The molecule has 156 valence electrons. The maximum Gasteiger partial charge on any atom is 0.276 e. The fourth-order valence-corrected chi connectivity index (χ4v) is 3.85. The molecule has 2 heterocycles. The molecule has 7 nitrogen and oxygen atoms in total. The third-order valence-corrected chi connectivity index (χ3v) is 5.45. The van der Waals surface area contributed by atoms with E-state index in [4.69, 9.17) is 21.1 Å². The van der Waals surface area contributed by atoms with Crippen molar-refractivity contribution in [3.8, 4) is 5.75 Å². The predicted octanol–water partition coefficient (Wildman–Crippen LogP) is 2.61. The summed E-state index contributed by atoms with van der Waals surface area (Å²) in [6.45, 7) is 2.07. The van der Waals surface area contributed by atoms with Crippen LogP contribution in [0.15, 0.2) is 41.8 Å². The number of benzene rings is 1. The summed E-state index contributed by atoms with van der Waals surface area (Å²) < 4.78 is 11.0. The molecule has 3 rings (SSSR count). The minimum atomic E-state index is -0.447. The summed E-state index contributed by atoms with van der Waals surface area (Å²) in [6, 6.07) is 10.7. The van der Waals surface area contributed by atoms with Gasteiger partial charge in [-0.3, -0.25) is 25.3 Å². The van der Waals surface area contributed by atoms with Gasteiger partial charge in [0.25, 0.3) is 11.8 Å². The summed E-state index contributed by atoms with van der Waals surface area (Å²) in [5, 5.41) is 2.60. The highest BCUT2D eigenvalue weighted by molar-refractivity contribution is 7.09. The Hall–Kier alpha value is -2.13. The van der Waals surface area contributed by atoms with Gasteiger partial charge in [0.2, 0.25) is 0 Å². The number of thiophene rings is 1. The van der Waals surface area contributed by atoms with E-state index in [9.17, 15) is 9.59 Å². The standard InChI is InChI=1S/C20H24ClN3O4S/c21-15-5-7-16(8-6-15)28-14-20(26)23-22-19(25)13-24(11-17-3-1-9-27-17)12-18-4-2-10-29-18/h2,4-8,10,17H,1,3,9,11-14H2,(H,22,25)(H,23,26). The van der Waals surface area contributed by atoms with E-state index in [-0.39, 0.29) is 25.2 Å². The van der Waals surface area contributed by atoms with Gasteiger partial charge < -0.3 is 9.47 Å². The van der Waals surface area contributed by atoms with Crippen LogP contribution in [0.1, 0.15) is 17.7 Å². The van der Waals surface area contributed by atoms with Crippen molar-refractivity contribution in [2.75, 3.05) is 26.3 Å². The Labute approximate surface area is 178 Å². The first-order chi connectivity index (χ1) is 14.1. The number of hydrogen-bond acceptors (Lipinski definition) is 6. The van der Waals surface area contributed by atoms with E-state index in [0.29, 0.717) is 23.9 Å². The Balaban J connectivity index is 1.42. The molecule has 1 unspecified atom stereocenters. The minimum absolute atomic E-state index is 0.144. The molecule has 2 aromatic rings. The quantitative estimate of drug-likeness (QED) is 0.589. The molecule has 0 radical (unpaired) electrons. The van der Waals surface area contributed by atoms with Crippen LogP contribution in [0.25, 0.3) is 0 Å². The highest BCUT2D eigenvalue weighted by Crippen LogP contribution is 2.17. The van der Waals surface area contributed by atoms with E-state index >= 15 is 0 Å². The third-order valence-electron chi connectivity index (χ3n) is 4.34. The van der Waals surface area contributed by atoms with Crippen molar-refractivity contribution in [2.45, 2.75) is 25.5 Å². The zero-order valence-electron chi connectivity index (χ0n) is 15.9. The second-order valence-electron chi connectivity index (χ2n) is 6.72. The van der Waals surface area contributed by atoms with Gasteiger partial charge >= 0.3 is 0 Å². The van der Waals surface area contributed by atoms with Crippen molar-refractivity contribution in [1.82, 2.24) is 15.8 Å². The maximum atomic E-state index is 12.3. The number of nitrogens with zero attached hydrogens (tertiary/aromatic N) is 1. The molecule has 29 heavy (non-hydrogen) atoms. The van der Waals surface area contributed by atoms with Gasteiger partial charge in [-0.05, 0) is 48.6 Å². The molecule has 0 bridgehead atoms. The van der Waals surface area contributed by atoms with Crippen LogP contribution in [0.4, 0.5) is 0 Å². The van der Waals surface area contributed by atoms with Crippen LogP contribution < -0.4 is 15.6 Å². The molecule has 1 atom stereocenters. The van der Waals surface area contributed by atoms with Gasteiger partial charge in [0.15, 0.2) is 6.61 Å². The lowest BCUT2D eigenvalue weighted by atomic mass is 10.2. The van der Waals surface area contributed by atoms with Gasteiger partial charge in [-0.25, -0.2) is 0 Å². The van der Waals surface area contributed by atoms with Crippen molar-refractivity contribution in [1.29, 1.82) is 0 Å². The molecular formula is C20H24ClN3O4S. The van der Waals surface area contributed by atoms with Gasteiger partial charge in [0.1, 0.15) is 5.75 Å². The fourth-order valence-electron chi connectivity index (χ4n) is 2.98. The first kappa shape index (κ1) is 21.6. The Bertz CT molecular complexity index is 780. The van der Waals surface area contributed by atoms with Gasteiger partial charge in [-0.15, -0.1) is 11.3 Å². The van der Waals surface area contributed by atoms with Crippen molar-refractivity contribution >= 4 is 34.8 Å². The summed E-state index contributed by atoms with van der Waals surface area (Å²) in [7, 11) is 0. The number of amides is 2. The lowest BCUT2D eigenvalue weighted by Gasteiger charge is -2.24. The van der Waals surface area contributed by atoms with Crippen LogP contribution in [0.2, 0.25) is 5.02 Å². The van der Waals surface area contributed by atoms with Gasteiger partial charge in [0, 0.05) is 29.6 Å². The summed E-state index contributed by atoms with van der Waals surface area (Å²) in [5.41, 5.74) is 4.82. The maximum absolute atomic E-state index is 12.3. The normalized spacial score (nSPS) is 16.0. The number of nitrogens with one attached hydrogen (secondary N) is 2. The Kier molecular flexibility index (Phi) is 8.30. The van der Waals surface area contributed by atoms with Crippen LogP contribution in [0.5, 0.6) is 5.75 Å².